The average molecular weight is 598 g/mol. The Morgan fingerprint density at radius 3 is 2.44 bits per heavy atom. The number of carbonyl (C=O) groups excluding carboxylic acids is 4. The van der Waals surface area contributed by atoms with E-state index in [0.717, 1.165) is 24.0 Å². The van der Waals surface area contributed by atoms with Gasteiger partial charge in [-0.1, -0.05) is 48.5 Å². The summed E-state index contributed by atoms with van der Waals surface area (Å²) in [5, 5.41) is 2.76. The smallest absolute Gasteiger partial charge is 0.332 e. The van der Waals surface area contributed by atoms with Crippen LogP contribution in [0.3, 0.4) is 0 Å². The van der Waals surface area contributed by atoms with E-state index in [-0.39, 0.29) is 17.9 Å². The molecule has 224 valence electrons. The predicted octanol–water partition coefficient (Wildman–Crippen LogP) is 4.57. The molecular weight excluding hydrogens is 570 g/mol. The van der Waals surface area contributed by atoms with Crippen molar-refractivity contribution in [2.45, 2.75) is 44.6 Å². The molecule has 1 aliphatic heterocycles. The third-order valence-electron chi connectivity index (χ3n) is 7.66. The lowest BCUT2D eigenvalue weighted by atomic mass is 9.92. The van der Waals surface area contributed by atoms with Crippen molar-refractivity contribution in [1.29, 1.82) is 0 Å². The van der Waals surface area contributed by atoms with Crippen molar-refractivity contribution >= 4 is 29.2 Å². The zero-order valence-electron chi connectivity index (χ0n) is 23.2. The Bertz CT molecular complexity index is 1610. The molecule has 1 heterocycles. The summed E-state index contributed by atoms with van der Waals surface area (Å²) in [5.41, 5.74) is 1.01. The molecule has 1 aliphatic carbocycles. The van der Waals surface area contributed by atoms with Crippen LogP contribution in [-0.4, -0.2) is 58.8 Å². The number of nitrogens with one attached hydrogen (secondary N) is 1. The molecule has 1 saturated heterocycles. The number of nitrogens with zero attached hydrogens (tertiary/aromatic N) is 2. The second-order valence-electron chi connectivity index (χ2n) is 10.5. The molecule has 5 rings (SSSR count). The Morgan fingerprint density at radius 2 is 1.77 bits per heavy atom. The van der Waals surface area contributed by atoms with E-state index in [1.165, 1.54) is 19.1 Å². The van der Waals surface area contributed by atoms with Gasteiger partial charge in [-0.2, -0.15) is 13.2 Å². The number of anilines is 1. The van der Waals surface area contributed by atoms with E-state index in [0.29, 0.717) is 32.8 Å². The maximum Gasteiger partial charge on any atom is 0.408 e. The Labute approximate surface area is 244 Å². The maximum absolute atomic E-state index is 13.7. The molecule has 1 spiro atoms. The summed E-state index contributed by atoms with van der Waals surface area (Å²) in [5.74, 6) is -3.25. The van der Waals surface area contributed by atoms with Crippen molar-refractivity contribution in [1.82, 2.24) is 9.80 Å². The van der Waals surface area contributed by atoms with E-state index in [4.69, 9.17) is 4.74 Å². The van der Waals surface area contributed by atoms with Gasteiger partial charge < -0.3 is 19.9 Å². The van der Waals surface area contributed by atoms with E-state index in [9.17, 15) is 36.7 Å². The van der Waals surface area contributed by atoms with E-state index in [2.05, 4.69) is 5.32 Å². The molecule has 8 nitrogen and oxygen atoms in total. The van der Waals surface area contributed by atoms with Crippen LogP contribution in [0.1, 0.15) is 30.5 Å². The fourth-order valence-electron chi connectivity index (χ4n) is 5.42. The summed E-state index contributed by atoms with van der Waals surface area (Å²) < 4.78 is 60.2. The van der Waals surface area contributed by atoms with Gasteiger partial charge >= 0.3 is 6.18 Å². The van der Waals surface area contributed by atoms with Gasteiger partial charge in [-0.3, -0.25) is 19.2 Å². The normalized spacial score (nSPS) is 18.6. The molecule has 43 heavy (non-hydrogen) atoms. The average Bonchev–Trinajstić information content (AvgIpc) is 3.43. The molecule has 0 bridgehead atoms. The van der Waals surface area contributed by atoms with Gasteiger partial charge in [0.25, 0.3) is 5.91 Å². The monoisotopic (exact) mass is 597 g/mol. The van der Waals surface area contributed by atoms with Crippen LogP contribution in [0.4, 0.5) is 23.2 Å². The highest BCUT2D eigenvalue weighted by Crippen LogP contribution is 2.44. The number of benzene rings is 3. The molecule has 3 amide bonds. The third-order valence-corrected chi connectivity index (χ3v) is 7.66. The Kier molecular flexibility index (Phi) is 7.82. The third kappa shape index (κ3) is 5.62. The van der Waals surface area contributed by atoms with Gasteiger partial charge in [-0.15, -0.1) is 0 Å². The van der Waals surface area contributed by atoms with Gasteiger partial charge in [0.15, 0.2) is 5.78 Å². The molecule has 0 unspecified atom stereocenters. The molecule has 0 saturated carbocycles. The number of Topliss-reactive ketones (excluding diaryl/α,β-unsaturated/α-hetero) is 1. The lowest BCUT2D eigenvalue weighted by Gasteiger charge is -2.32. The van der Waals surface area contributed by atoms with Gasteiger partial charge in [-0.05, 0) is 41.8 Å². The van der Waals surface area contributed by atoms with Crippen molar-refractivity contribution in [3.8, 4) is 11.1 Å². The molecular formula is C31H27F4N3O5. The largest absolute Gasteiger partial charge is 0.408 e. The minimum atomic E-state index is -4.76. The van der Waals surface area contributed by atoms with E-state index in [1.54, 1.807) is 42.5 Å². The number of hydrogen-bond acceptors (Lipinski definition) is 5. The molecule has 1 fully saturated rings. The van der Waals surface area contributed by atoms with Crippen molar-refractivity contribution in [2.24, 2.45) is 0 Å². The highest BCUT2D eigenvalue weighted by Gasteiger charge is 2.59. The molecule has 1 N–H and O–H groups in total. The fraction of sp³-hybridized carbons (Fsp3) is 0.290. The van der Waals surface area contributed by atoms with Gasteiger partial charge in [0, 0.05) is 36.7 Å². The molecule has 2 aliphatic rings. The standard InChI is InChI=1S/C31H27F4N3O5/c1-18(31(33,34)35)38(15-20-7-10-23(32)11-8-20)28(41)16-37-17-43-30(29(37)42)25-12-9-21(13-22(25)14-27(30)40)24-5-3-4-6-26(24)36-19(2)39/h3-13,18H,14-17H2,1-2H3,(H,36,39)/t18-,30+/m0/s1. The van der Waals surface area contributed by atoms with Crippen LogP contribution in [0.15, 0.2) is 66.7 Å². The Morgan fingerprint density at radius 1 is 1.07 bits per heavy atom. The van der Waals surface area contributed by atoms with Crippen LogP contribution in [0.25, 0.3) is 11.1 Å². The van der Waals surface area contributed by atoms with Crippen LogP contribution in [0, 0.1) is 5.82 Å². The first kappa shape index (κ1) is 29.9. The predicted molar refractivity (Wildman–Crippen MR) is 147 cm³/mol. The number of halogens is 4. The first-order valence-corrected chi connectivity index (χ1v) is 13.4. The molecule has 12 heteroatoms. The van der Waals surface area contributed by atoms with Crippen molar-refractivity contribution in [3.05, 3.63) is 89.2 Å². The summed E-state index contributed by atoms with van der Waals surface area (Å²) in [4.78, 5) is 53.3. The first-order chi connectivity index (χ1) is 20.3. The number of alkyl halides is 3. The summed E-state index contributed by atoms with van der Waals surface area (Å²) in [6, 6.07) is 14.6. The van der Waals surface area contributed by atoms with Crippen LogP contribution >= 0.6 is 0 Å². The highest BCUT2D eigenvalue weighted by atomic mass is 19.4. The summed E-state index contributed by atoms with van der Waals surface area (Å²) in [6.45, 7) is 0.496. The number of carbonyl (C=O) groups is 4. The molecule has 3 aromatic rings. The Hall–Kier alpha value is -4.58. The van der Waals surface area contributed by atoms with Gasteiger partial charge in [0.2, 0.25) is 17.4 Å². The van der Waals surface area contributed by atoms with Crippen LogP contribution in [0.5, 0.6) is 0 Å². The quantitative estimate of drug-likeness (QED) is 0.318. The van der Waals surface area contributed by atoms with Gasteiger partial charge in [-0.25, -0.2) is 4.39 Å². The molecule has 3 aromatic carbocycles. The number of rotatable bonds is 7. The van der Waals surface area contributed by atoms with E-state index in [1.807, 2.05) is 0 Å². The number of amides is 3. The Balaban J connectivity index is 1.39. The zero-order chi connectivity index (χ0) is 31.1. The SMILES string of the molecule is CC(=O)Nc1ccccc1-c1ccc2c(c1)CC(=O)[C@]21OCN(CC(=O)N(Cc2ccc(F)cc2)[C@@H](C)C(F)(F)F)C1=O. The number of ether oxygens (including phenoxy) is 1. The maximum atomic E-state index is 13.7. The zero-order valence-corrected chi connectivity index (χ0v) is 23.2. The number of ketones is 1. The minimum Gasteiger partial charge on any atom is -0.332 e. The molecule has 2 atom stereocenters. The van der Waals surface area contributed by atoms with Gasteiger partial charge in [0.1, 0.15) is 25.1 Å². The van der Waals surface area contributed by atoms with Crippen LogP contribution in [-0.2, 0) is 42.5 Å². The van der Waals surface area contributed by atoms with Crippen molar-refractivity contribution in [2.75, 3.05) is 18.6 Å². The van der Waals surface area contributed by atoms with E-state index >= 15 is 0 Å². The first-order valence-electron chi connectivity index (χ1n) is 13.4. The highest BCUT2D eigenvalue weighted by molar-refractivity contribution is 6.15. The summed E-state index contributed by atoms with van der Waals surface area (Å²) >= 11 is 0. The van der Waals surface area contributed by atoms with Crippen LogP contribution in [0.2, 0.25) is 0 Å². The topological polar surface area (TPSA) is 96.0 Å². The van der Waals surface area contributed by atoms with Crippen molar-refractivity contribution in [3.63, 3.8) is 0 Å². The van der Waals surface area contributed by atoms with Crippen LogP contribution < -0.4 is 5.32 Å². The van der Waals surface area contributed by atoms with Gasteiger partial charge in [0.05, 0.1) is 0 Å². The molecule has 0 radical (unpaired) electrons. The lowest BCUT2D eigenvalue weighted by molar-refractivity contribution is -0.187. The van der Waals surface area contributed by atoms with E-state index < -0.39 is 61.1 Å². The second kappa shape index (κ2) is 11.3. The number of fused-ring (bicyclic) bond motifs is 2. The number of para-hydroxylation sites is 1. The minimum absolute atomic E-state index is 0.138. The summed E-state index contributed by atoms with van der Waals surface area (Å²) in [6.07, 6.45) is -4.90. The summed E-state index contributed by atoms with van der Waals surface area (Å²) in [7, 11) is 0. The fourth-order valence-corrected chi connectivity index (χ4v) is 5.42. The van der Waals surface area contributed by atoms with Crippen molar-refractivity contribution < 1.29 is 41.5 Å². The molecule has 0 aromatic heterocycles. The lowest BCUT2D eigenvalue weighted by Crippen LogP contribution is -2.51. The second-order valence-corrected chi connectivity index (χ2v) is 10.5. The number of hydrogen-bond donors (Lipinski definition) is 1.